The lowest BCUT2D eigenvalue weighted by atomic mass is 9.98. The maximum atomic E-state index is 13.5. The number of anilines is 4. The minimum atomic E-state index is -0.482. The zero-order valence-electron chi connectivity index (χ0n) is 26.5. The van der Waals surface area contributed by atoms with Gasteiger partial charge in [-0.3, -0.25) is 4.79 Å². The van der Waals surface area contributed by atoms with Crippen molar-refractivity contribution >= 4 is 45.6 Å². The quantitative estimate of drug-likeness (QED) is 0.123. The molecule has 0 spiro atoms. The molecule has 3 amide bonds. The van der Waals surface area contributed by atoms with Gasteiger partial charge in [0.15, 0.2) is 5.75 Å². The van der Waals surface area contributed by atoms with Crippen LogP contribution in [0.4, 0.5) is 27.7 Å². The standard InChI is InChI=1S/C37H37N5O5/c1-23(2)24-19-30(36(43)40-26-16-18-46-22-26)35(45-3)32(20-24)42-37(44)41-31-13-14-33(29-12-8-7-11-28(29)31)47-27-15-17-38-34(21-27)39-25-9-5-4-6-10-25/h4-15,17,19-21,23,26H,16,18,22H2,1-3H3,(H,38,39)(H,40,43)(H2,41,42,44)/t26-/m0/s1. The number of para-hydroxylation sites is 1. The van der Waals surface area contributed by atoms with Gasteiger partial charge in [-0.25, -0.2) is 9.78 Å². The number of carbonyl (C=O) groups excluding carboxylic acids is 2. The Kier molecular flexibility index (Phi) is 9.49. The number of rotatable bonds is 10. The number of ether oxygens (including phenoxy) is 3. The Hall–Kier alpha value is -5.61. The molecule has 0 bridgehead atoms. The first kappa shape index (κ1) is 31.4. The number of carbonyl (C=O) groups is 2. The lowest BCUT2D eigenvalue weighted by Crippen LogP contribution is -2.35. The van der Waals surface area contributed by atoms with Crippen molar-refractivity contribution < 1.29 is 23.8 Å². The first-order valence-electron chi connectivity index (χ1n) is 15.5. The molecule has 0 radical (unpaired) electrons. The Morgan fingerprint density at radius 2 is 1.66 bits per heavy atom. The number of aromatic nitrogens is 1. The molecule has 1 aliphatic rings. The highest BCUT2D eigenvalue weighted by Gasteiger charge is 2.24. The maximum absolute atomic E-state index is 13.5. The second-order valence-corrected chi connectivity index (χ2v) is 11.5. The summed E-state index contributed by atoms with van der Waals surface area (Å²) in [5.74, 6) is 2.00. The van der Waals surface area contributed by atoms with Crippen LogP contribution in [0.5, 0.6) is 17.2 Å². The van der Waals surface area contributed by atoms with Crippen LogP contribution in [0.25, 0.3) is 10.8 Å². The molecule has 0 aliphatic carbocycles. The Labute approximate surface area is 273 Å². The highest BCUT2D eigenvalue weighted by molar-refractivity contribution is 6.09. The second kappa shape index (κ2) is 14.2. The highest BCUT2D eigenvalue weighted by Crippen LogP contribution is 2.36. The summed E-state index contributed by atoms with van der Waals surface area (Å²) in [6.07, 6.45) is 2.43. The molecule has 1 aromatic heterocycles. The largest absolute Gasteiger partial charge is 0.494 e. The highest BCUT2D eigenvalue weighted by atomic mass is 16.5. The first-order chi connectivity index (χ1) is 22.9. The molecule has 0 saturated carbocycles. The van der Waals surface area contributed by atoms with E-state index in [4.69, 9.17) is 14.2 Å². The van der Waals surface area contributed by atoms with Crippen molar-refractivity contribution in [2.45, 2.75) is 32.2 Å². The van der Waals surface area contributed by atoms with E-state index in [1.807, 2.05) is 92.7 Å². The zero-order valence-corrected chi connectivity index (χ0v) is 26.5. The Morgan fingerprint density at radius 1 is 0.894 bits per heavy atom. The third kappa shape index (κ3) is 7.45. The Bertz CT molecular complexity index is 1890. The number of methoxy groups -OCH3 is 1. The van der Waals surface area contributed by atoms with Crippen LogP contribution in [0, 0.1) is 0 Å². The predicted octanol–water partition coefficient (Wildman–Crippen LogP) is 8.07. The van der Waals surface area contributed by atoms with E-state index in [0.717, 1.165) is 28.4 Å². The molecular formula is C37H37N5O5. The van der Waals surface area contributed by atoms with Gasteiger partial charge in [-0.05, 0) is 60.4 Å². The van der Waals surface area contributed by atoms with Crippen molar-refractivity contribution in [3.05, 3.63) is 108 Å². The summed E-state index contributed by atoms with van der Waals surface area (Å²) in [7, 11) is 1.48. The molecular weight excluding hydrogens is 594 g/mol. The number of benzene rings is 4. The fraction of sp³-hybridized carbons (Fsp3) is 0.216. The average molecular weight is 632 g/mol. The molecule has 1 atom stereocenters. The van der Waals surface area contributed by atoms with Crippen molar-refractivity contribution in [2.75, 3.05) is 36.3 Å². The number of urea groups is 1. The zero-order chi connectivity index (χ0) is 32.8. The van der Waals surface area contributed by atoms with Crippen LogP contribution >= 0.6 is 0 Å². The molecule has 6 rings (SSSR count). The average Bonchev–Trinajstić information content (AvgIpc) is 3.59. The number of hydrogen-bond donors (Lipinski definition) is 4. The summed E-state index contributed by atoms with van der Waals surface area (Å²) in [4.78, 5) is 31.2. The third-order valence-corrected chi connectivity index (χ3v) is 7.88. The van der Waals surface area contributed by atoms with E-state index in [9.17, 15) is 9.59 Å². The van der Waals surface area contributed by atoms with Gasteiger partial charge >= 0.3 is 6.03 Å². The van der Waals surface area contributed by atoms with Gasteiger partial charge in [0.25, 0.3) is 5.91 Å². The molecule has 0 unspecified atom stereocenters. The van der Waals surface area contributed by atoms with Crippen molar-refractivity contribution in [2.24, 2.45) is 0 Å². The van der Waals surface area contributed by atoms with Gasteiger partial charge in [0.2, 0.25) is 0 Å². The van der Waals surface area contributed by atoms with Gasteiger partial charge in [-0.1, -0.05) is 56.3 Å². The third-order valence-electron chi connectivity index (χ3n) is 7.88. The molecule has 1 aliphatic heterocycles. The molecule has 1 fully saturated rings. The SMILES string of the molecule is COc1c(NC(=O)Nc2ccc(Oc3ccnc(Nc4ccccc4)c3)c3ccccc23)cc(C(C)C)cc1C(=O)N[C@H]1CCOC1. The van der Waals surface area contributed by atoms with E-state index in [1.165, 1.54) is 7.11 Å². The van der Waals surface area contributed by atoms with E-state index in [1.54, 1.807) is 18.3 Å². The van der Waals surface area contributed by atoms with Crippen LogP contribution in [0.1, 0.15) is 42.1 Å². The van der Waals surface area contributed by atoms with Crippen LogP contribution in [-0.2, 0) is 4.74 Å². The summed E-state index contributed by atoms with van der Waals surface area (Å²) in [5, 5.41) is 13.8. The van der Waals surface area contributed by atoms with Gasteiger partial charge in [0.1, 0.15) is 17.3 Å². The van der Waals surface area contributed by atoms with Gasteiger partial charge < -0.3 is 35.5 Å². The fourth-order valence-electron chi connectivity index (χ4n) is 5.46. The van der Waals surface area contributed by atoms with E-state index in [2.05, 4.69) is 26.3 Å². The topological polar surface area (TPSA) is 123 Å². The predicted molar refractivity (Wildman–Crippen MR) is 184 cm³/mol. The van der Waals surface area contributed by atoms with Gasteiger partial charge in [-0.2, -0.15) is 0 Å². The van der Waals surface area contributed by atoms with E-state index in [0.29, 0.717) is 47.5 Å². The molecule has 4 aromatic carbocycles. The van der Waals surface area contributed by atoms with Gasteiger partial charge in [-0.15, -0.1) is 0 Å². The number of pyridine rings is 1. The lowest BCUT2D eigenvalue weighted by Gasteiger charge is -2.19. The van der Waals surface area contributed by atoms with Crippen LogP contribution in [0.3, 0.4) is 0 Å². The maximum Gasteiger partial charge on any atom is 0.323 e. The smallest absolute Gasteiger partial charge is 0.323 e. The number of fused-ring (bicyclic) bond motifs is 1. The lowest BCUT2D eigenvalue weighted by molar-refractivity contribution is 0.0926. The number of hydrogen-bond acceptors (Lipinski definition) is 7. The summed E-state index contributed by atoms with van der Waals surface area (Å²) >= 11 is 0. The molecule has 240 valence electrons. The number of amides is 3. The first-order valence-corrected chi connectivity index (χ1v) is 15.5. The monoisotopic (exact) mass is 631 g/mol. The Morgan fingerprint density at radius 3 is 2.40 bits per heavy atom. The molecule has 5 aromatic rings. The van der Waals surface area contributed by atoms with Crippen molar-refractivity contribution in [1.82, 2.24) is 10.3 Å². The summed E-state index contributed by atoms with van der Waals surface area (Å²) in [5.41, 5.74) is 3.14. The van der Waals surface area contributed by atoms with Crippen LogP contribution < -0.4 is 30.7 Å². The molecule has 47 heavy (non-hydrogen) atoms. The molecule has 2 heterocycles. The minimum absolute atomic E-state index is 0.0681. The van der Waals surface area contributed by atoms with Crippen LogP contribution in [-0.4, -0.2) is 43.3 Å². The fourth-order valence-corrected chi connectivity index (χ4v) is 5.46. The van der Waals surface area contributed by atoms with Crippen LogP contribution in [0.15, 0.2) is 97.2 Å². The van der Waals surface area contributed by atoms with Crippen molar-refractivity contribution in [1.29, 1.82) is 0 Å². The Balaban J connectivity index is 1.22. The summed E-state index contributed by atoms with van der Waals surface area (Å²) in [6, 6.07) is 27.8. The minimum Gasteiger partial charge on any atom is -0.494 e. The van der Waals surface area contributed by atoms with E-state index in [-0.39, 0.29) is 23.6 Å². The second-order valence-electron chi connectivity index (χ2n) is 11.5. The molecule has 1 saturated heterocycles. The molecule has 10 nitrogen and oxygen atoms in total. The molecule has 4 N–H and O–H groups in total. The normalized spacial score (nSPS) is 14.1. The van der Waals surface area contributed by atoms with E-state index < -0.39 is 6.03 Å². The van der Waals surface area contributed by atoms with Crippen molar-refractivity contribution in [3.63, 3.8) is 0 Å². The summed E-state index contributed by atoms with van der Waals surface area (Å²) in [6.45, 7) is 5.14. The number of nitrogens with one attached hydrogen (secondary N) is 4. The molecule has 10 heteroatoms. The van der Waals surface area contributed by atoms with Crippen molar-refractivity contribution in [3.8, 4) is 17.2 Å². The van der Waals surface area contributed by atoms with Gasteiger partial charge in [0.05, 0.1) is 36.7 Å². The number of nitrogens with zero attached hydrogens (tertiary/aromatic N) is 1. The van der Waals surface area contributed by atoms with Crippen LogP contribution in [0.2, 0.25) is 0 Å². The van der Waals surface area contributed by atoms with E-state index >= 15 is 0 Å². The summed E-state index contributed by atoms with van der Waals surface area (Å²) < 4.78 is 17.4. The van der Waals surface area contributed by atoms with Gasteiger partial charge in [0, 0.05) is 35.3 Å².